The molecular weight excluding hydrogens is 697 g/mol. The molecule has 0 spiro atoms. The first-order valence-corrected chi connectivity index (χ1v) is 17.6. The van der Waals surface area contributed by atoms with E-state index in [1.54, 1.807) is 6.92 Å². The van der Waals surface area contributed by atoms with E-state index in [0.717, 1.165) is 55.1 Å². The van der Waals surface area contributed by atoms with Gasteiger partial charge in [-0.25, -0.2) is 4.98 Å². The third-order valence-electron chi connectivity index (χ3n) is 8.35. The number of aromatic nitrogens is 2. The van der Waals surface area contributed by atoms with Crippen molar-refractivity contribution in [3.8, 4) is 5.75 Å². The lowest BCUT2D eigenvalue weighted by molar-refractivity contribution is -0.911. The minimum absolute atomic E-state index is 0.0204. The Bertz CT molecular complexity index is 1770. The number of hydrogen-bond acceptors (Lipinski definition) is 15. The molecule has 3 amide bonds. The number of aromatic amines is 1. The van der Waals surface area contributed by atoms with Crippen LogP contribution >= 0.6 is 23.1 Å². The number of nitrogens with zero attached hydrogens (tertiary/aromatic N) is 4. The Labute approximate surface area is 293 Å². The molecule has 2 aromatic heterocycles. The number of aromatic hydroxyl groups is 1. The SMILES string of the molecule is CC[C@@H](OC=O)O/N=C(\C(=O)N[C@@H]1C(=O)N2C(OC(C)=O)=C(C[N+]3(CCNC(=O)c4cc(=O)c(O)c[nH]4)CCCC3)CS[C@H]12)c1csc(N)n1. The molecule has 0 unspecified atom stereocenters. The number of thioether (sulfide) groups is 1. The summed E-state index contributed by atoms with van der Waals surface area (Å²) in [6.07, 6.45) is 2.14. The Kier molecular flexibility index (Phi) is 11.4. The third kappa shape index (κ3) is 8.08. The fourth-order valence-corrected chi connectivity index (χ4v) is 7.78. The van der Waals surface area contributed by atoms with Gasteiger partial charge in [0, 0.05) is 49.6 Å². The maximum absolute atomic E-state index is 13.6. The molecule has 18 nitrogen and oxygen atoms in total. The summed E-state index contributed by atoms with van der Waals surface area (Å²) in [7, 11) is 0. The number of hydrogen-bond donors (Lipinski definition) is 5. The number of nitrogens with two attached hydrogens (primary N) is 1. The number of amides is 3. The average Bonchev–Trinajstić information content (AvgIpc) is 3.73. The van der Waals surface area contributed by atoms with Crippen LogP contribution in [0.15, 0.2) is 39.0 Å². The number of nitrogens with one attached hydrogen (secondary N) is 3. The number of nitrogen functional groups attached to an aromatic ring is 1. The fourth-order valence-electron chi connectivity index (χ4n) is 5.92. The zero-order valence-electron chi connectivity index (χ0n) is 27.2. The number of ether oxygens (including phenoxy) is 2. The van der Waals surface area contributed by atoms with Gasteiger partial charge in [-0.15, -0.1) is 23.1 Å². The number of pyridine rings is 1. The average molecular weight is 734 g/mol. The van der Waals surface area contributed by atoms with Crippen molar-refractivity contribution in [2.75, 3.05) is 44.2 Å². The van der Waals surface area contributed by atoms with Gasteiger partial charge in [-0.3, -0.25) is 33.7 Å². The van der Waals surface area contributed by atoms with E-state index >= 15 is 0 Å². The molecule has 3 aliphatic rings. The van der Waals surface area contributed by atoms with Crippen molar-refractivity contribution in [1.82, 2.24) is 25.5 Å². The van der Waals surface area contributed by atoms with Crippen LogP contribution < -0.4 is 21.8 Å². The predicted octanol–water partition coefficient (Wildman–Crippen LogP) is -0.0358. The number of esters is 1. The first kappa shape index (κ1) is 36.3. The highest BCUT2D eigenvalue weighted by Gasteiger charge is 2.55. The van der Waals surface area contributed by atoms with Gasteiger partial charge in [0.05, 0.1) is 31.8 Å². The van der Waals surface area contributed by atoms with E-state index in [9.17, 15) is 33.9 Å². The molecule has 2 fully saturated rings. The first-order valence-electron chi connectivity index (χ1n) is 15.7. The van der Waals surface area contributed by atoms with Gasteiger partial charge >= 0.3 is 5.97 Å². The highest BCUT2D eigenvalue weighted by atomic mass is 32.2. The maximum atomic E-state index is 13.6. The zero-order chi connectivity index (χ0) is 36.0. The molecule has 268 valence electrons. The summed E-state index contributed by atoms with van der Waals surface area (Å²) in [4.78, 5) is 87.8. The van der Waals surface area contributed by atoms with Crippen molar-refractivity contribution in [3.63, 3.8) is 0 Å². The minimum Gasteiger partial charge on any atom is -0.503 e. The van der Waals surface area contributed by atoms with Crippen molar-refractivity contribution in [1.29, 1.82) is 0 Å². The Balaban J connectivity index is 1.30. The van der Waals surface area contributed by atoms with Crippen LogP contribution in [0.3, 0.4) is 0 Å². The summed E-state index contributed by atoms with van der Waals surface area (Å²) in [5, 5.41) is 19.9. The number of H-pyrrole nitrogens is 1. The standard InChI is InChI=1S/C30H36N8O10S2/c1-3-22(46-15-39)48-36-23(19-14-50-30(31)34-19)26(44)35-24-27(45)37-28(47-16(2)40)17(13-49-29(24)37)12-38(7-4-5-8-38)9-6-32-25(43)18-10-20(41)21(42)11-33-18/h10-11,14-15,22,24,29H,3-9,12-13H2,1-2H3,(H5-,31,32,33,34,35,36,41,42,43,44)/p+1/t22-,24+,29+/m0/s1. The number of thiazole rings is 1. The topological polar surface area (TPSA) is 245 Å². The largest absolute Gasteiger partial charge is 0.503 e. The number of β-lactam (4-membered cyclic amide) rings is 1. The fraction of sp³-hybridized carbons (Fsp3) is 0.467. The van der Waals surface area contributed by atoms with Gasteiger partial charge in [-0.1, -0.05) is 12.1 Å². The van der Waals surface area contributed by atoms with Gasteiger partial charge in [0.2, 0.25) is 11.3 Å². The van der Waals surface area contributed by atoms with Crippen LogP contribution in [0.1, 0.15) is 49.3 Å². The zero-order valence-corrected chi connectivity index (χ0v) is 28.8. The second-order valence-electron chi connectivity index (χ2n) is 11.8. The number of carbonyl (C=O) groups excluding carboxylic acids is 5. The number of oxime groups is 1. The Morgan fingerprint density at radius 1 is 1.30 bits per heavy atom. The molecule has 0 radical (unpaired) electrons. The quantitative estimate of drug-likeness (QED) is 0.0307. The summed E-state index contributed by atoms with van der Waals surface area (Å²) in [6, 6.07) is 0.0324. The van der Waals surface area contributed by atoms with Gasteiger partial charge in [0.15, 0.2) is 16.6 Å². The van der Waals surface area contributed by atoms with Crippen molar-refractivity contribution in [2.45, 2.75) is 50.8 Å². The molecule has 3 atom stereocenters. The van der Waals surface area contributed by atoms with Crippen LogP contribution in [0.2, 0.25) is 0 Å². The van der Waals surface area contributed by atoms with E-state index in [4.69, 9.17) is 20.0 Å². The number of likely N-dealkylation sites (tertiary alicyclic amines) is 1. The van der Waals surface area contributed by atoms with Crippen molar-refractivity contribution < 1.29 is 47.9 Å². The van der Waals surface area contributed by atoms with E-state index in [2.05, 4.69) is 25.8 Å². The summed E-state index contributed by atoms with van der Waals surface area (Å²) in [5.74, 6) is -2.33. The molecule has 20 heteroatoms. The normalized spacial score (nSPS) is 20.3. The molecule has 5 heterocycles. The molecule has 5 rings (SSSR count). The molecule has 2 saturated heterocycles. The van der Waals surface area contributed by atoms with Crippen LogP contribution in [-0.4, -0.2) is 117 Å². The number of quaternary nitrogens is 1. The summed E-state index contributed by atoms with van der Waals surface area (Å²) >= 11 is 2.47. The summed E-state index contributed by atoms with van der Waals surface area (Å²) < 4.78 is 11.0. The molecule has 50 heavy (non-hydrogen) atoms. The molecule has 3 aliphatic heterocycles. The molecular formula is C30H37N8O10S2+. The van der Waals surface area contributed by atoms with Crippen molar-refractivity contribution >= 4 is 64.1 Å². The van der Waals surface area contributed by atoms with Crippen LogP contribution in [0, 0.1) is 0 Å². The van der Waals surface area contributed by atoms with Crippen LogP contribution in [-0.2, 0) is 33.5 Å². The minimum atomic E-state index is -1.06. The smallest absolute Gasteiger partial charge is 0.309 e. The maximum Gasteiger partial charge on any atom is 0.309 e. The van der Waals surface area contributed by atoms with E-state index in [-0.39, 0.29) is 47.6 Å². The van der Waals surface area contributed by atoms with E-state index in [1.165, 1.54) is 29.0 Å². The second-order valence-corrected chi connectivity index (χ2v) is 13.8. The van der Waals surface area contributed by atoms with Crippen molar-refractivity contribution in [3.05, 3.63) is 50.7 Å². The van der Waals surface area contributed by atoms with Crippen LogP contribution in [0.5, 0.6) is 5.75 Å². The number of carbonyl (C=O) groups is 5. The molecule has 0 aliphatic carbocycles. The highest BCUT2D eigenvalue weighted by Crippen LogP contribution is 2.42. The van der Waals surface area contributed by atoms with Gasteiger partial charge < -0.3 is 45.3 Å². The Morgan fingerprint density at radius 2 is 2.06 bits per heavy atom. The molecule has 2 aromatic rings. The van der Waals surface area contributed by atoms with Gasteiger partial charge in [0.1, 0.15) is 29.3 Å². The molecule has 6 N–H and O–H groups in total. The summed E-state index contributed by atoms with van der Waals surface area (Å²) in [6.45, 7) is 5.99. The van der Waals surface area contributed by atoms with Crippen LogP contribution in [0.25, 0.3) is 0 Å². The second kappa shape index (κ2) is 15.7. The highest BCUT2D eigenvalue weighted by molar-refractivity contribution is 8.00. The number of fused-ring (bicyclic) bond motifs is 1. The van der Waals surface area contributed by atoms with E-state index < -0.39 is 52.6 Å². The Hall–Kier alpha value is -4.95. The van der Waals surface area contributed by atoms with Crippen molar-refractivity contribution in [2.24, 2.45) is 5.16 Å². The molecule has 0 bridgehead atoms. The molecule has 0 saturated carbocycles. The van der Waals surface area contributed by atoms with Gasteiger partial charge in [0.25, 0.3) is 30.5 Å². The van der Waals surface area contributed by atoms with Gasteiger partial charge in [-0.2, -0.15) is 0 Å². The molecule has 0 aromatic carbocycles. The number of rotatable bonds is 15. The predicted molar refractivity (Wildman–Crippen MR) is 179 cm³/mol. The third-order valence-corrected chi connectivity index (χ3v) is 10.4. The lowest BCUT2D eigenvalue weighted by atomic mass is 10.0. The lowest BCUT2D eigenvalue weighted by Gasteiger charge is -2.50. The van der Waals surface area contributed by atoms with Crippen LogP contribution in [0.4, 0.5) is 5.13 Å². The first-order chi connectivity index (χ1) is 23.9. The van der Waals surface area contributed by atoms with Gasteiger partial charge in [-0.05, 0) is 0 Å². The Morgan fingerprint density at radius 3 is 2.70 bits per heavy atom. The lowest BCUT2D eigenvalue weighted by Crippen LogP contribution is -2.71. The number of anilines is 1. The monoisotopic (exact) mass is 733 g/mol. The summed E-state index contributed by atoms with van der Waals surface area (Å²) in [5.41, 5.74) is 5.67. The van der Waals surface area contributed by atoms with E-state index in [1.807, 2.05) is 0 Å². The van der Waals surface area contributed by atoms with E-state index in [0.29, 0.717) is 23.3 Å².